The number of hydrogen-bond acceptors (Lipinski definition) is 4. The summed E-state index contributed by atoms with van der Waals surface area (Å²) in [4.78, 5) is 14.9. The summed E-state index contributed by atoms with van der Waals surface area (Å²) in [5.74, 6) is -0.973. The molecule has 24 heavy (non-hydrogen) atoms. The number of hydrogen-bond donors (Lipinski definition) is 2. The zero-order chi connectivity index (χ0) is 16.9. The number of carboxylic acids is 1. The van der Waals surface area contributed by atoms with Gasteiger partial charge in [-0.1, -0.05) is 29.8 Å². The Bertz CT molecular complexity index is 700. The van der Waals surface area contributed by atoms with Gasteiger partial charge in [0.05, 0.1) is 23.5 Å². The molecule has 0 bridgehead atoms. The average Bonchev–Trinajstić information content (AvgIpc) is 2.61. The van der Waals surface area contributed by atoms with Crippen molar-refractivity contribution in [3.05, 3.63) is 59.4 Å². The number of carboxylic acid groups (broad SMARTS) is 1. The van der Waals surface area contributed by atoms with E-state index in [0.29, 0.717) is 12.2 Å². The first kappa shape index (κ1) is 16.5. The van der Waals surface area contributed by atoms with Gasteiger partial charge >= 0.3 is 5.97 Å². The zero-order valence-corrected chi connectivity index (χ0v) is 13.7. The van der Waals surface area contributed by atoms with Crippen molar-refractivity contribution in [2.24, 2.45) is 0 Å². The monoisotopic (exact) mass is 326 g/mol. The van der Waals surface area contributed by atoms with Crippen molar-refractivity contribution < 1.29 is 14.6 Å². The van der Waals surface area contributed by atoms with Gasteiger partial charge in [0.2, 0.25) is 0 Å². The van der Waals surface area contributed by atoms with Crippen molar-refractivity contribution in [1.82, 2.24) is 4.98 Å². The van der Waals surface area contributed by atoms with Gasteiger partial charge in [-0.2, -0.15) is 0 Å². The van der Waals surface area contributed by atoms with Crippen molar-refractivity contribution in [3.8, 4) is 0 Å². The summed E-state index contributed by atoms with van der Waals surface area (Å²) >= 11 is 0. The molecule has 0 saturated carbocycles. The fourth-order valence-electron chi connectivity index (χ4n) is 2.96. The van der Waals surface area contributed by atoms with E-state index in [0.717, 1.165) is 19.3 Å². The predicted molar refractivity (Wildman–Crippen MR) is 92.3 cm³/mol. The third-order valence-corrected chi connectivity index (χ3v) is 4.32. The Hall–Kier alpha value is -2.40. The number of pyridine rings is 1. The van der Waals surface area contributed by atoms with Crippen LogP contribution in [-0.4, -0.2) is 28.7 Å². The fourth-order valence-corrected chi connectivity index (χ4v) is 2.96. The molecular formula is C19H22N2O3. The third-order valence-electron chi connectivity index (χ3n) is 4.32. The van der Waals surface area contributed by atoms with E-state index < -0.39 is 5.97 Å². The van der Waals surface area contributed by atoms with Crippen molar-refractivity contribution in [2.75, 3.05) is 11.9 Å². The first-order valence-electron chi connectivity index (χ1n) is 8.26. The second-order valence-corrected chi connectivity index (χ2v) is 6.24. The van der Waals surface area contributed by atoms with Gasteiger partial charge in [0.25, 0.3) is 0 Å². The number of rotatable bonds is 5. The predicted octanol–water partition coefficient (Wildman–Crippen LogP) is 3.81. The molecule has 1 fully saturated rings. The maximum atomic E-state index is 11.0. The van der Waals surface area contributed by atoms with Crippen LogP contribution in [0.15, 0.2) is 42.7 Å². The lowest BCUT2D eigenvalue weighted by molar-refractivity contribution is -0.0442. The molecular weight excluding hydrogens is 304 g/mol. The van der Waals surface area contributed by atoms with Crippen LogP contribution in [-0.2, 0) is 4.74 Å². The molecule has 2 aromatic rings. The number of aryl methyl sites for hydroxylation is 1. The number of nitrogens with zero attached hydrogens (tertiary/aromatic N) is 1. The van der Waals surface area contributed by atoms with Gasteiger partial charge in [-0.25, -0.2) is 4.79 Å². The number of nitrogens with one attached hydrogen (secondary N) is 1. The topological polar surface area (TPSA) is 71.5 Å². The van der Waals surface area contributed by atoms with Gasteiger partial charge < -0.3 is 15.2 Å². The zero-order valence-electron chi connectivity index (χ0n) is 13.7. The number of ether oxygens (including phenoxy) is 1. The Morgan fingerprint density at radius 3 is 2.83 bits per heavy atom. The molecule has 3 rings (SSSR count). The normalized spacial score (nSPS) is 20.5. The van der Waals surface area contributed by atoms with Gasteiger partial charge in [0.1, 0.15) is 0 Å². The van der Waals surface area contributed by atoms with E-state index in [2.05, 4.69) is 41.5 Å². The number of anilines is 1. The Morgan fingerprint density at radius 2 is 2.08 bits per heavy atom. The van der Waals surface area contributed by atoms with Gasteiger partial charge in [0.15, 0.2) is 0 Å². The van der Waals surface area contributed by atoms with E-state index in [1.165, 1.54) is 17.3 Å². The Balaban J connectivity index is 1.58. The molecule has 5 nitrogen and oxygen atoms in total. The van der Waals surface area contributed by atoms with Crippen LogP contribution in [0.1, 0.15) is 46.9 Å². The number of benzene rings is 1. The fraction of sp³-hybridized carbons (Fsp3) is 0.368. The maximum Gasteiger partial charge on any atom is 0.337 e. The maximum absolute atomic E-state index is 11.0. The third kappa shape index (κ3) is 4.11. The molecule has 2 N–H and O–H groups in total. The Kier molecular flexibility index (Phi) is 5.11. The van der Waals surface area contributed by atoms with Crippen LogP contribution in [0.25, 0.3) is 0 Å². The molecule has 5 heteroatoms. The molecule has 1 aliphatic rings. The molecule has 2 heterocycles. The highest BCUT2D eigenvalue weighted by molar-refractivity contribution is 5.88. The van der Waals surface area contributed by atoms with Crippen LogP contribution < -0.4 is 5.32 Å². The standard InChI is InChI=1S/C19H22N2O3/c1-13-5-7-14(8-6-13)18-4-2-3-17(24-18)12-21-16-9-15(19(22)23)10-20-11-16/h5-11,17-18,21H,2-4,12H2,1H3,(H,22,23)/t17-,18+/m1/s1. The van der Waals surface area contributed by atoms with Crippen molar-refractivity contribution in [1.29, 1.82) is 0 Å². The molecule has 0 radical (unpaired) electrons. The van der Waals surface area contributed by atoms with E-state index in [4.69, 9.17) is 9.84 Å². The molecule has 0 aliphatic carbocycles. The molecule has 1 saturated heterocycles. The van der Waals surface area contributed by atoms with Crippen molar-refractivity contribution >= 4 is 11.7 Å². The van der Waals surface area contributed by atoms with E-state index in [1.807, 2.05) is 0 Å². The summed E-state index contributed by atoms with van der Waals surface area (Å²) in [6.07, 6.45) is 6.38. The largest absolute Gasteiger partial charge is 0.478 e. The lowest BCUT2D eigenvalue weighted by atomic mass is 9.97. The van der Waals surface area contributed by atoms with Crippen molar-refractivity contribution in [3.63, 3.8) is 0 Å². The summed E-state index contributed by atoms with van der Waals surface area (Å²) in [7, 11) is 0. The Labute approximate surface area is 141 Å². The molecule has 2 atom stereocenters. The lowest BCUT2D eigenvalue weighted by Crippen LogP contribution is -2.29. The average molecular weight is 326 g/mol. The molecule has 1 aromatic heterocycles. The van der Waals surface area contributed by atoms with E-state index >= 15 is 0 Å². The number of aromatic carboxylic acids is 1. The molecule has 1 aliphatic heterocycles. The van der Waals surface area contributed by atoms with Gasteiger partial charge in [0, 0.05) is 18.9 Å². The SMILES string of the molecule is Cc1ccc([C@@H]2CCC[C@H](CNc3cncc(C(=O)O)c3)O2)cc1. The van der Waals surface area contributed by atoms with Crippen LogP contribution in [0.3, 0.4) is 0 Å². The molecule has 0 spiro atoms. The summed E-state index contributed by atoms with van der Waals surface area (Å²) in [5, 5.41) is 12.3. The van der Waals surface area contributed by atoms with Crippen LogP contribution in [0.5, 0.6) is 0 Å². The summed E-state index contributed by atoms with van der Waals surface area (Å²) in [6, 6.07) is 10.1. The number of aromatic nitrogens is 1. The second kappa shape index (κ2) is 7.45. The minimum absolute atomic E-state index is 0.110. The lowest BCUT2D eigenvalue weighted by Gasteiger charge is -2.31. The highest BCUT2D eigenvalue weighted by Gasteiger charge is 2.23. The molecule has 0 unspecified atom stereocenters. The Morgan fingerprint density at radius 1 is 1.29 bits per heavy atom. The van der Waals surface area contributed by atoms with E-state index in [9.17, 15) is 4.79 Å². The van der Waals surface area contributed by atoms with Gasteiger partial charge in [-0.15, -0.1) is 0 Å². The minimum Gasteiger partial charge on any atom is -0.478 e. The first-order valence-corrected chi connectivity index (χ1v) is 8.26. The van der Waals surface area contributed by atoms with Crippen LogP contribution in [0.2, 0.25) is 0 Å². The van der Waals surface area contributed by atoms with Gasteiger partial charge in [-0.3, -0.25) is 4.98 Å². The van der Waals surface area contributed by atoms with E-state index in [-0.39, 0.29) is 17.8 Å². The van der Waals surface area contributed by atoms with Crippen LogP contribution >= 0.6 is 0 Å². The highest BCUT2D eigenvalue weighted by Crippen LogP contribution is 2.31. The summed E-state index contributed by atoms with van der Waals surface area (Å²) in [6.45, 7) is 2.73. The van der Waals surface area contributed by atoms with E-state index in [1.54, 1.807) is 12.3 Å². The summed E-state index contributed by atoms with van der Waals surface area (Å²) < 4.78 is 6.21. The smallest absolute Gasteiger partial charge is 0.337 e. The van der Waals surface area contributed by atoms with Crippen molar-refractivity contribution in [2.45, 2.75) is 38.4 Å². The first-order chi connectivity index (χ1) is 11.6. The van der Waals surface area contributed by atoms with Gasteiger partial charge in [-0.05, 0) is 37.8 Å². The molecule has 126 valence electrons. The molecule has 0 amide bonds. The summed E-state index contributed by atoms with van der Waals surface area (Å²) in [5.41, 5.74) is 3.36. The van der Waals surface area contributed by atoms with Crippen LogP contribution in [0.4, 0.5) is 5.69 Å². The number of carbonyl (C=O) groups is 1. The van der Waals surface area contributed by atoms with Crippen LogP contribution in [0, 0.1) is 6.92 Å². The molecule has 1 aromatic carbocycles. The minimum atomic E-state index is -0.973. The second-order valence-electron chi connectivity index (χ2n) is 6.24. The highest BCUT2D eigenvalue weighted by atomic mass is 16.5. The quantitative estimate of drug-likeness (QED) is 0.874.